The van der Waals surface area contributed by atoms with Crippen LogP contribution >= 0.6 is 22.9 Å². The Balaban J connectivity index is 2.12. The third kappa shape index (κ3) is 4.61. The first-order chi connectivity index (χ1) is 11.0. The van der Waals surface area contributed by atoms with Gasteiger partial charge in [0.1, 0.15) is 10.9 Å². The van der Waals surface area contributed by atoms with Crippen LogP contribution in [0.3, 0.4) is 0 Å². The second-order valence-corrected chi connectivity index (χ2v) is 6.75. The van der Waals surface area contributed by atoms with Crippen molar-refractivity contribution in [2.75, 3.05) is 20.6 Å². The standard InChI is InChI=1S/C17H19ClN4S/c1-12-11-23-17(21-12)13(8-19)9-20-10-16(22(2)3)14-6-4-5-7-15(14)18/h4-7,9,11,13,16H,10H2,1-3H3/t13-,16+/m0/s1. The lowest BCUT2D eigenvalue weighted by molar-refractivity contribution is 0.307. The van der Waals surface area contributed by atoms with Gasteiger partial charge in [-0.2, -0.15) is 5.26 Å². The zero-order chi connectivity index (χ0) is 16.8. The molecule has 6 heteroatoms. The van der Waals surface area contributed by atoms with Crippen LogP contribution in [0.2, 0.25) is 5.02 Å². The Kier molecular flexibility index (Phi) is 6.28. The van der Waals surface area contributed by atoms with Gasteiger partial charge < -0.3 is 4.90 Å². The molecule has 4 nitrogen and oxygen atoms in total. The third-order valence-electron chi connectivity index (χ3n) is 3.46. The molecule has 0 bridgehead atoms. The molecule has 1 aromatic carbocycles. The van der Waals surface area contributed by atoms with E-state index in [1.165, 1.54) is 11.3 Å². The molecule has 0 saturated carbocycles. The Morgan fingerprint density at radius 3 is 2.74 bits per heavy atom. The number of hydrogen-bond donors (Lipinski definition) is 0. The van der Waals surface area contributed by atoms with E-state index in [1.807, 2.05) is 50.7 Å². The van der Waals surface area contributed by atoms with E-state index < -0.39 is 5.92 Å². The average molecular weight is 347 g/mol. The topological polar surface area (TPSA) is 52.3 Å². The van der Waals surface area contributed by atoms with E-state index in [2.05, 4.69) is 20.9 Å². The molecular formula is C17H19ClN4S. The quantitative estimate of drug-likeness (QED) is 0.740. The minimum absolute atomic E-state index is 0.0670. The van der Waals surface area contributed by atoms with Gasteiger partial charge in [-0.25, -0.2) is 4.98 Å². The number of aliphatic imine (C=N–C) groups is 1. The normalized spacial score (nSPS) is 14.1. The number of nitrogens with zero attached hydrogens (tertiary/aromatic N) is 4. The minimum atomic E-state index is -0.400. The summed E-state index contributed by atoms with van der Waals surface area (Å²) in [6.07, 6.45) is 1.69. The van der Waals surface area contributed by atoms with Gasteiger partial charge in [-0.15, -0.1) is 11.3 Å². The molecule has 1 aromatic heterocycles. The molecule has 0 amide bonds. The van der Waals surface area contributed by atoms with Gasteiger partial charge in [-0.05, 0) is 32.6 Å². The highest BCUT2D eigenvalue weighted by atomic mass is 35.5. The van der Waals surface area contributed by atoms with Gasteiger partial charge in [0.2, 0.25) is 0 Å². The first-order valence-electron chi connectivity index (χ1n) is 7.25. The Hall–Kier alpha value is -1.74. The van der Waals surface area contributed by atoms with Gasteiger partial charge in [0.05, 0.1) is 18.7 Å². The zero-order valence-electron chi connectivity index (χ0n) is 13.4. The van der Waals surface area contributed by atoms with Crippen molar-refractivity contribution in [2.45, 2.75) is 18.9 Å². The Labute approximate surface area is 146 Å². The number of halogens is 1. The van der Waals surface area contributed by atoms with Crippen molar-refractivity contribution in [3.8, 4) is 6.07 Å². The molecule has 2 aromatic rings. The molecule has 2 rings (SSSR count). The molecular weight excluding hydrogens is 328 g/mol. The number of rotatable bonds is 6. The summed E-state index contributed by atoms with van der Waals surface area (Å²) in [6, 6.07) is 10.1. The van der Waals surface area contributed by atoms with Crippen LogP contribution in [-0.2, 0) is 0 Å². The van der Waals surface area contributed by atoms with Crippen LogP contribution < -0.4 is 0 Å². The highest BCUT2D eigenvalue weighted by molar-refractivity contribution is 7.09. The lowest BCUT2D eigenvalue weighted by Gasteiger charge is -2.24. The summed E-state index contributed by atoms with van der Waals surface area (Å²) in [5, 5.41) is 12.8. The minimum Gasteiger partial charge on any atom is -0.301 e. The molecule has 0 saturated heterocycles. The van der Waals surface area contributed by atoms with E-state index in [0.717, 1.165) is 21.3 Å². The van der Waals surface area contributed by atoms with Crippen LogP contribution in [0.1, 0.15) is 28.2 Å². The highest BCUT2D eigenvalue weighted by Crippen LogP contribution is 2.26. The molecule has 0 spiro atoms. The monoisotopic (exact) mass is 346 g/mol. The van der Waals surface area contributed by atoms with E-state index in [4.69, 9.17) is 11.6 Å². The fraction of sp³-hybridized carbons (Fsp3) is 0.353. The molecule has 120 valence electrons. The summed E-state index contributed by atoms with van der Waals surface area (Å²) in [5.74, 6) is -0.400. The van der Waals surface area contributed by atoms with E-state index in [1.54, 1.807) is 6.21 Å². The van der Waals surface area contributed by atoms with Gasteiger partial charge in [-0.1, -0.05) is 29.8 Å². The fourth-order valence-electron chi connectivity index (χ4n) is 2.22. The molecule has 0 aliphatic carbocycles. The van der Waals surface area contributed by atoms with Gasteiger partial charge in [0, 0.05) is 22.3 Å². The zero-order valence-corrected chi connectivity index (χ0v) is 15.0. The Bertz CT molecular complexity index is 717. The maximum absolute atomic E-state index is 9.32. The van der Waals surface area contributed by atoms with Gasteiger partial charge >= 0.3 is 0 Å². The summed E-state index contributed by atoms with van der Waals surface area (Å²) < 4.78 is 0. The number of aromatic nitrogens is 1. The smallest absolute Gasteiger partial charge is 0.133 e. The molecule has 1 heterocycles. The van der Waals surface area contributed by atoms with Crippen LogP contribution in [0.15, 0.2) is 34.6 Å². The molecule has 23 heavy (non-hydrogen) atoms. The van der Waals surface area contributed by atoms with Crippen LogP contribution in [-0.4, -0.2) is 36.7 Å². The van der Waals surface area contributed by atoms with Gasteiger partial charge in [-0.3, -0.25) is 4.99 Å². The summed E-state index contributed by atoms with van der Waals surface area (Å²) in [7, 11) is 3.99. The molecule has 0 fully saturated rings. The lowest BCUT2D eigenvalue weighted by atomic mass is 10.1. The van der Waals surface area contributed by atoms with Crippen LogP contribution in [0.4, 0.5) is 0 Å². The molecule has 0 radical (unpaired) electrons. The van der Waals surface area contributed by atoms with E-state index >= 15 is 0 Å². The number of aryl methyl sites for hydroxylation is 1. The summed E-state index contributed by atoms with van der Waals surface area (Å²) in [5.41, 5.74) is 1.97. The predicted molar refractivity (Wildman–Crippen MR) is 96.4 cm³/mol. The van der Waals surface area contributed by atoms with Crippen molar-refractivity contribution in [3.63, 3.8) is 0 Å². The molecule has 2 atom stereocenters. The first kappa shape index (κ1) is 17.6. The predicted octanol–water partition coefficient (Wildman–Crippen LogP) is 4.09. The Morgan fingerprint density at radius 2 is 2.17 bits per heavy atom. The number of nitriles is 1. The second kappa shape index (κ2) is 8.21. The number of likely N-dealkylation sites (N-methyl/N-ethyl adjacent to an activating group) is 1. The fourth-order valence-corrected chi connectivity index (χ4v) is 3.28. The van der Waals surface area contributed by atoms with E-state index in [0.29, 0.717) is 6.54 Å². The SMILES string of the molecule is Cc1csc([C@@H](C#N)C=NC[C@H](c2ccccc2Cl)N(C)C)n1. The number of hydrogen-bond acceptors (Lipinski definition) is 5. The van der Waals surface area contributed by atoms with Gasteiger partial charge in [0.15, 0.2) is 0 Å². The van der Waals surface area contributed by atoms with E-state index in [9.17, 15) is 5.26 Å². The van der Waals surface area contributed by atoms with Crippen LogP contribution in [0.5, 0.6) is 0 Å². The molecule has 0 N–H and O–H groups in total. The van der Waals surface area contributed by atoms with Gasteiger partial charge in [0.25, 0.3) is 0 Å². The van der Waals surface area contributed by atoms with Crippen molar-refractivity contribution in [2.24, 2.45) is 4.99 Å². The van der Waals surface area contributed by atoms with Crippen molar-refractivity contribution >= 4 is 29.2 Å². The average Bonchev–Trinajstić information content (AvgIpc) is 2.94. The maximum Gasteiger partial charge on any atom is 0.133 e. The van der Waals surface area contributed by atoms with Crippen molar-refractivity contribution in [3.05, 3.63) is 50.9 Å². The molecule has 0 unspecified atom stereocenters. The first-order valence-corrected chi connectivity index (χ1v) is 8.51. The maximum atomic E-state index is 9.32. The summed E-state index contributed by atoms with van der Waals surface area (Å²) in [6.45, 7) is 2.46. The highest BCUT2D eigenvalue weighted by Gasteiger charge is 2.17. The third-order valence-corrected chi connectivity index (χ3v) is 4.85. The Morgan fingerprint density at radius 1 is 1.43 bits per heavy atom. The number of thiazole rings is 1. The van der Waals surface area contributed by atoms with E-state index in [-0.39, 0.29) is 6.04 Å². The summed E-state index contributed by atoms with van der Waals surface area (Å²) >= 11 is 7.78. The largest absolute Gasteiger partial charge is 0.301 e. The molecule has 0 aliphatic rings. The van der Waals surface area contributed by atoms with Crippen LogP contribution in [0.25, 0.3) is 0 Å². The van der Waals surface area contributed by atoms with Crippen LogP contribution in [0, 0.1) is 18.3 Å². The van der Waals surface area contributed by atoms with Crippen molar-refractivity contribution in [1.82, 2.24) is 9.88 Å². The molecule has 0 aliphatic heterocycles. The van der Waals surface area contributed by atoms with Crippen molar-refractivity contribution < 1.29 is 0 Å². The lowest BCUT2D eigenvalue weighted by Crippen LogP contribution is -2.23. The second-order valence-electron chi connectivity index (χ2n) is 5.45. The summed E-state index contributed by atoms with van der Waals surface area (Å²) in [4.78, 5) is 10.9. The number of benzene rings is 1. The van der Waals surface area contributed by atoms with Crippen molar-refractivity contribution in [1.29, 1.82) is 5.26 Å².